The molecule has 0 aromatic carbocycles. The molecule has 0 aromatic heterocycles. The van der Waals surface area contributed by atoms with Gasteiger partial charge in [0.15, 0.2) is 0 Å². The zero-order valence-electron chi connectivity index (χ0n) is 3.62. The maximum atomic E-state index is 9.97. The molecule has 0 unspecified atom stereocenters. The van der Waals surface area contributed by atoms with Crippen LogP contribution >= 0.6 is 11.7 Å². The molecule has 0 bridgehead atoms. The van der Waals surface area contributed by atoms with Gasteiger partial charge in [-0.1, -0.05) is 6.08 Å². The molecule has 0 aliphatic carbocycles. The molecule has 0 aliphatic heterocycles. The zero-order valence-corrected chi connectivity index (χ0v) is 5.26. The van der Waals surface area contributed by atoms with E-state index in [4.69, 9.17) is 0 Å². The van der Waals surface area contributed by atoms with E-state index in [0.29, 0.717) is 0 Å². The summed E-state index contributed by atoms with van der Waals surface area (Å²) >= 11 is 3.98. The Morgan fingerprint density at radius 2 is 2.14 bits per heavy atom. The Labute approximate surface area is 48.0 Å². The minimum atomic E-state index is -3.21. The fourth-order valence-corrected chi connectivity index (χ4v) is 0.722. The van der Waals surface area contributed by atoms with Crippen LogP contribution in [0.4, 0.5) is 0 Å². The molecule has 0 aromatic rings. The topological polar surface area (TPSA) is 34.1 Å². The Hall–Kier alpha value is 0.0400. The van der Waals surface area contributed by atoms with Gasteiger partial charge in [0.05, 0.1) is 17.4 Å². The minimum Gasteiger partial charge on any atom is -0.216 e. The molecule has 0 spiro atoms. The average molecular weight is 137 g/mol. The van der Waals surface area contributed by atoms with Gasteiger partial charge in [-0.3, -0.25) is 0 Å². The Bertz CT molecular complexity index is 144. The molecule has 0 atom stereocenters. The van der Waals surface area contributed by atoms with Gasteiger partial charge in [0.1, 0.15) is 0 Å². The fraction of sp³-hybridized carbons (Fsp3) is 0.333. The molecule has 0 N–H and O–H groups in total. The van der Waals surface area contributed by atoms with Crippen LogP contribution in [0, 0.1) is 0 Å². The van der Waals surface area contributed by atoms with Crippen molar-refractivity contribution in [3.8, 4) is 0 Å². The van der Waals surface area contributed by atoms with Crippen molar-refractivity contribution < 1.29 is 8.42 Å². The third-order valence-corrected chi connectivity index (χ3v) is 1.37. The van der Waals surface area contributed by atoms with Crippen molar-refractivity contribution in [3.63, 3.8) is 0 Å². The zero-order chi connectivity index (χ0) is 5.91. The molecular weight excluding hydrogens is 132 g/mol. The van der Waals surface area contributed by atoms with Crippen molar-refractivity contribution in [1.29, 1.82) is 0 Å². The molecule has 0 heterocycles. The van der Waals surface area contributed by atoms with Gasteiger partial charge >= 0.3 is 0 Å². The van der Waals surface area contributed by atoms with Crippen molar-refractivity contribution in [2.24, 2.45) is 0 Å². The molecule has 2 nitrogen and oxygen atoms in total. The first-order valence-corrected chi connectivity index (χ1v) is 4.18. The first-order chi connectivity index (χ1) is 3.06. The van der Waals surface area contributed by atoms with Gasteiger partial charge in [-0.25, -0.2) is 8.42 Å². The van der Waals surface area contributed by atoms with Crippen molar-refractivity contribution in [2.45, 2.75) is 0 Å². The van der Waals surface area contributed by atoms with Crippen LogP contribution in [0.3, 0.4) is 0 Å². The third-order valence-electron chi connectivity index (χ3n) is 0.322. The van der Waals surface area contributed by atoms with Gasteiger partial charge in [-0.15, -0.1) is 6.58 Å². The Morgan fingerprint density at radius 3 is 2.14 bits per heavy atom. The van der Waals surface area contributed by atoms with Crippen LogP contribution in [0.1, 0.15) is 0 Å². The van der Waals surface area contributed by atoms with Crippen LogP contribution in [0.25, 0.3) is 0 Å². The normalized spacial score (nSPS) is 11.0. The van der Waals surface area contributed by atoms with Crippen molar-refractivity contribution in [3.05, 3.63) is 12.7 Å². The van der Waals surface area contributed by atoms with E-state index in [2.05, 4.69) is 18.2 Å². The molecule has 1 radical (unpaired) electrons. The van der Waals surface area contributed by atoms with E-state index in [9.17, 15) is 8.42 Å². The highest BCUT2D eigenvalue weighted by molar-refractivity contribution is 8.63. The van der Waals surface area contributed by atoms with Crippen LogP contribution in [-0.2, 0) is 8.87 Å². The lowest BCUT2D eigenvalue weighted by molar-refractivity contribution is 0.613. The van der Waals surface area contributed by atoms with Crippen molar-refractivity contribution >= 4 is 20.5 Å². The summed E-state index contributed by atoms with van der Waals surface area (Å²) in [6.45, 7) is 3.20. The fourth-order valence-electron chi connectivity index (χ4n) is 0.144. The predicted octanol–water partition coefficient (Wildman–Crippen LogP) is 0.700. The number of rotatable bonds is 2. The van der Waals surface area contributed by atoms with Crippen LogP contribution in [-0.4, -0.2) is 14.2 Å². The lowest BCUT2D eigenvalue weighted by atomic mass is 10.8. The van der Waals surface area contributed by atoms with Gasteiger partial charge in [-0.2, -0.15) is 0 Å². The second-order valence-electron chi connectivity index (χ2n) is 1.01. The average Bonchev–Trinajstić information content (AvgIpc) is 1.30. The summed E-state index contributed by atoms with van der Waals surface area (Å²) in [5.74, 6) is -0.109. The summed E-state index contributed by atoms with van der Waals surface area (Å²) in [6, 6.07) is 0. The number of hydrogen-bond acceptors (Lipinski definition) is 2. The molecule has 0 saturated heterocycles. The highest BCUT2D eigenvalue weighted by Crippen LogP contribution is 1.92. The van der Waals surface area contributed by atoms with Crippen LogP contribution in [0.5, 0.6) is 0 Å². The third kappa shape index (κ3) is 6.04. The minimum absolute atomic E-state index is 0.109. The maximum absolute atomic E-state index is 9.97. The van der Waals surface area contributed by atoms with Crippen LogP contribution in [0.2, 0.25) is 0 Å². The molecular formula is C3H5O2S2. The lowest BCUT2D eigenvalue weighted by Crippen LogP contribution is -1.90. The highest BCUT2D eigenvalue weighted by atomic mass is 33.1. The molecule has 0 aliphatic rings. The molecule has 0 rings (SSSR count). The van der Waals surface area contributed by atoms with E-state index < -0.39 is 8.87 Å². The first kappa shape index (κ1) is 7.04. The van der Waals surface area contributed by atoms with Crippen LogP contribution < -0.4 is 0 Å². The molecule has 0 saturated carbocycles. The second kappa shape index (κ2) is 2.37. The van der Waals surface area contributed by atoms with Gasteiger partial charge in [-0.05, 0) is 0 Å². The van der Waals surface area contributed by atoms with Gasteiger partial charge < -0.3 is 0 Å². The largest absolute Gasteiger partial charge is 0.216 e. The molecule has 41 valence electrons. The van der Waals surface area contributed by atoms with E-state index in [-0.39, 0.29) is 5.75 Å². The van der Waals surface area contributed by atoms with E-state index in [1.54, 1.807) is 0 Å². The lowest BCUT2D eigenvalue weighted by Gasteiger charge is -1.80. The van der Waals surface area contributed by atoms with Gasteiger partial charge in [0, 0.05) is 0 Å². The smallest absolute Gasteiger partial charge is 0.216 e. The molecule has 0 fully saturated rings. The molecule has 0 amide bonds. The first-order valence-electron chi connectivity index (χ1n) is 1.61. The summed E-state index contributed by atoms with van der Waals surface area (Å²) < 4.78 is 19.9. The van der Waals surface area contributed by atoms with Gasteiger partial charge in [0.25, 0.3) is 0 Å². The molecule has 7 heavy (non-hydrogen) atoms. The Morgan fingerprint density at radius 1 is 1.71 bits per heavy atom. The Kier molecular flexibility index (Phi) is 2.39. The van der Waals surface area contributed by atoms with Crippen molar-refractivity contribution in [1.82, 2.24) is 0 Å². The standard InChI is InChI=1S/C3H5O2S2/c1-2-3-7(4,5)6/h2H,1,3H2. The monoisotopic (exact) mass is 137 g/mol. The highest BCUT2D eigenvalue weighted by Gasteiger charge is 1.96. The summed E-state index contributed by atoms with van der Waals surface area (Å²) in [5, 5.41) is 0. The summed E-state index contributed by atoms with van der Waals surface area (Å²) in [7, 11) is -3.21. The molecule has 4 heteroatoms. The van der Waals surface area contributed by atoms with E-state index in [1.807, 2.05) is 0 Å². The van der Waals surface area contributed by atoms with E-state index in [1.165, 1.54) is 6.08 Å². The predicted molar refractivity (Wildman–Crippen MR) is 31.6 cm³/mol. The number of hydrogen-bond donors (Lipinski definition) is 0. The van der Waals surface area contributed by atoms with Gasteiger partial charge in [0.2, 0.25) is 8.87 Å². The second-order valence-corrected chi connectivity index (χ2v) is 3.99. The summed E-state index contributed by atoms with van der Waals surface area (Å²) in [5.41, 5.74) is 0. The van der Waals surface area contributed by atoms with E-state index in [0.717, 1.165) is 0 Å². The maximum Gasteiger partial charge on any atom is 0.216 e. The Balaban J connectivity index is 3.84. The quantitative estimate of drug-likeness (QED) is 0.414. The SMILES string of the molecule is C=CCS(=O)(=O)[S]. The summed E-state index contributed by atoms with van der Waals surface area (Å²) in [6.07, 6.45) is 1.27. The van der Waals surface area contributed by atoms with Crippen molar-refractivity contribution in [2.75, 3.05) is 5.75 Å². The van der Waals surface area contributed by atoms with E-state index >= 15 is 0 Å². The van der Waals surface area contributed by atoms with Crippen LogP contribution in [0.15, 0.2) is 12.7 Å². The summed E-state index contributed by atoms with van der Waals surface area (Å²) in [4.78, 5) is 0.